The van der Waals surface area contributed by atoms with Crippen molar-refractivity contribution in [2.24, 2.45) is 5.73 Å². The lowest BCUT2D eigenvalue weighted by molar-refractivity contribution is -0.119. The molecule has 0 aliphatic rings. The molecule has 4 nitrogen and oxygen atoms in total. The van der Waals surface area contributed by atoms with Crippen LogP contribution in [0.3, 0.4) is 0 Å². The van der Waals surface area contributed by atoms with Crippen LogP contribution in [0.2, 0.25) is 5.04 Å². The third-order valence-electron chi connectivity index (χ3n) is 5.37. The highest BCUT2D eigenvalue weighted by atomic mass is 79.9. The highest BCUT2D eigenvalue weighted by Gasteiger charge is 2.52. The van der Waals surface area contributed by atoms with Crippen LogP contribution in [0.15, 0.2) is 83.3 Å². The molecule has 3 rings (SSSR count). The molecule has 0 saturated heterocycles. The first kappa shape index (κ1) is 23.3. The predicted molar refractivity (Wildman–Crippen MR) is 133 cm³/mol. The summed E-state index contributed by atoms with van der Waals surface area (Å²) in [6.45, 7) is 7.10. The molecule has 0 aliphatic heterocycles. The molecule has 0 bridgehead atoms. The summed E-state index contributed by atoms with van der Waals surface area (Å²) in [5, 5.41) is 5.14. The monoisotopic (exact) mass is 496 g/mol. The lowest BCUT2D eigenvalue weighted by atomic mass is 10.2. The maximum absolute atomic E-state index is 11.6. The first-order chi connectivity index (χ1) is 14.8. The SMILES string of the molecule is CC(C)(C)[Si](Oc1ccc(Br)c(CNC(=O)CN)c1)(c1ccccc1)c1ccccc1. The van der Waals surface area contributed by atoms with E-state index in [1.165, 1.54) is 10.4 Å². The molecule has 0 atom stereocenters. The molecule has 0 fully saturated rings. The van der Waals surface area contributed by atoms with E-state index in [2.05, 4.69) is 90.5 Å². The number of hydrogen-bond donors (Lipinski definition) is 2. The van der Waals surface area contributed by atoms with E-state index >= 15 is 0 Å². The Kier molecular flexibility index (Phi) is 7.36. The van der Waals surface area contributed by atoms with Crippen molar-refractivity contribution in [2.75, 3.05) is 6.54 Å². The zero-order valence-electron chi connectivity index (χ0n) is 18.2. The van der Waals surface area contributed by atoms with Crippen molar-refractivity contribution in [3.63, 3.8) is 0 Å². The van der Waals surface area contributed by atoms with Gasteiger partial charge in [-0.15, -0.1) is 0 Å². The molecule has 3 N–H and O–H groups in total. The Bertz CT molecular complexity index is 981. The maximum Gasteiger partial charge on any atom is 0.319 e. The number of nitrogens with two attached hydrogens (primary N) is 1. The number of carbonyl (C=O) groups is 1. The lowest BCUT2D eigenvalue weighted by Gasteiger charge is -2.43. The quantitative estimate of drug-likeness (QED) is 0.486. The molecule has 0 saturated carbocycles. The second-order valence-electron chi connectivity index (χ2n) is 8.50. The van der Waals surface area contributed by atoms with Gasteiger partial charge in [-0.1, -0.05) is 97.4 Å². The normalized spacial score (nSPS) is 11.8. The summed E-state index contributed by atoms with van der Waals surface area (Å²) in [6, 6.07) is 27.0. The van der Waals surface area contributed by atoms with Crippen molar-refractivity contribution >= 4 is 40.5 Å². The summed E-state index contributed by atoms with van der Waals surface area (Å²) < 4.78 is 7.96. The number of amides is 1. The maximum atomic E-state index is 11.6. The zero-order valence-corrected chi connectivity index (χ0v) is 20.8. The van der Waals surface area contributed by atoms with Gasteiger partial charge in [0, 0.05) is 11.0 Å². The van der Waals surface area contributed by atoms with Crippen LogP contribution < -0.4 is 25.8 Å². The Labute approximate surface area is 194 Å². The van der Waals surface area contributed by atoms with Crippen LogP contribution in [0.4, 0.5) is 0 Å². The number of hydrogen-bond acceptors (Lipinski definition) is 3. The molecule has 0 aromatic heterocycles. The van der Waals surface area contributed by atoms with Crippen molar-refractivity contribution in [3.05, 3.63) is 88.9 Å². The first-order valence-electron chi connectivity index (χ1n) is 10.3. The highest BCUT2D eigenvalue weighted by Crippen LogP contribution is 2.38. The van der Waals surface area contributed by atoms with Crippen molar-refractivity contribution in [1.82, 2.24) is 5.32 Å². The molecule has 31 heavy (non-hydrogen) atoms. The number of carbonyl (C=O) groups excluding carboxylic acids is 1. The van der Waals surface area contributed by atoms with Gasteiger partial charge in [0.15, 0.2) is 0 Å². The fraction of sp³-hybridized carbons (Fsp3) is 0.240. The molecule has 0 radical (unpaired) electrons. The van der Waals surface area contributed by atoms with Crippen LogP contribution in [0.5, 0.6) is 5.75 Å². The van der Waals surface area contributed by atoms with E-state index in [-0.39, 0.29) is 17.5 Å². The van der Waals surface area contributed by atoms with Gasteiger partial charge in [-0.2, -0.15) is 0 Å². The van der Waals surface area contributed by atoms with Crippen LogP contribution in [-0.4, -0.2) is 20.8 Å². The van der Waals surface area contributed by atoms with Crippen molar-refractivity contribution in [2.45, 2.75) is 32.4 Å². The van der Waals surface area contributed by atoms with E-state index in [0.717, 1.165) is 15.8 Å². The van der Waals surface area contributed by atoms with Crippen LogP contribution in [0.25, 0.3) is 0 Å². The van der Waals surface area contributed by atoms with Crippen LogP contribution in [-0.2, 0) is 11.3 Å². The van der Waals surface area contributed by atoms with E-state index in [9.17, 15) is 4.79 Å². The topological polar surface area (TPSA) is 64.3 Å². The molecule has 0 heterocycles. The Morgan fingerprint density at radius 2 is 1.52 bits per heavy atom. The van der Waals surface area contributed by atoms with Crippen LogP contribution in [0, 0.1) is 0 Å². The number of benzene rings is 3. The van der Waals surface area contributed by atoms with Crippen molar-refractivity contribution in [1.29, 1.82) is 0 Å². The molecule has 0 unspecified atom stereocenters. The minimum atomic E-state index is -2.70. The summed E-state index contributed by atoms with van der Waals surface area (Å²) in [7, 11) is -2.70. The van der Waals surface area contributed by atoms with Gasteiger partial charge in [-0.3, -0.25) is 4.79 Å². The molecule has 162 valence electrons. The summed E-state index contributed by atoms with van der Waals surface area (Å²) >= 11 is 3.58. The summed E-state index contributed by atoms with van der Waals surface area (Å²) in [6.07, 6.45) is 0. The van der Waals surface area contributed by atoms with Gasteiger partial charge in [0.1, 0.15) is 5.75 Å². The van der Waals surface area contributed by atoms with Gasteiger partial charge in [-0.05, 0) is 39.2 Å². The minimum absolute atomic E-state index is 0.0319. The van der Waals surface area contributed by atoms with Crippen LogP contribution in [0.1, 0.15) is 26.3 Å². The molecule has 0 aliphatic carbocycles. The number of halogens is 1. The molecular formula is C25H29BrN2O2Si. The highest BCUT2D eigenvalue weighted by molar-refractivity contribution is 9.10. The number of nitrogens with one attached hydrogen (secondary N) is 1. The molecule has 0 spiro atoms. The first-order valence-corrected chi connectivity index (χ1v) is 13.0. The van der Waals surface area contributed by atoms with Gasteiger partial charge >= 0.3 is 8.32 Å². The summed E-state index contributed by atoms with van der Waals surface area (Å²) in [5.74, 6) is 0.597. The van der Waals surface area contributed by atoms with Crippen molar-refractivity contribution < 1.29 is 9.22 Å². The van der Waals surface area contributed by atoms with Gasteiger partial charge in [0.05, 0.1) is 6.54 Å². The molecule has 3 aromatic rings. The Morgan fingerprint density at radius 3 is 2.00 bits per heavy atom. The van der Waals surface area contributed by atoms with Crippen LogP contribution >= 0.6 is 15.9 Å². The largest absolute Gasteiger partial charge is 0.534 e. The number of rotatable bonds is 7. The van der Waals surface area contributed by atoms with Gasteiger partial charge in [0.2, 0.25) is 5.91 Å². The van der Waals surface area contributed by atoms with E-state index < -0.39 is 8.32 Å². The fourth-order valence-corrected chi connectivity index (χ4v) is 8.64. The average molecular weight is 498 g/mol. The third kappa shape index (κ3) is 5.09. The zero-order chi connectivity index (χ0) is 22.5. The Balaban J connectivity index is 2.11. The molecule has 6 heteroatoms. The Hall–Kier alpha value is -2.41. The predicted octanol–water partition coefficient (Wildman–Crippen LogP) is 3.96. The van der Waals surface area contributed by atoms with E-state index in [0.29, 0.717) is 6.54 Å². The second-order valence-corrected chi connectivity index (χ2v) is 13.6. The molecule has 1 amide bonds. The van der Waals surface area contributed by atoms with Gasteiger partial charge < -0.3 is 15.5 Å². The van der Waals surface area contributed by atoms with E-state index in [1.54, 1.807) is 0 Å². The Morgan fingerprint density at radius 1 is 0.968 bits per heavy atom. The lowest BCUT2D eigenvalue weighted by Crippen LogP contribution is -2.68. The minimum Gasteiger partial charge on any atom is -0.534 e. The molecule has 3 aromatic carbocycles. The summed E-state index contributed by atoms with van der Waals surface area (Å²) in [5.41, 5.74) is 6.36. The van der Waals surface area contributed by atoms with Gasteiger partial charge in [-0.25, -0.2) is 0 Å². The average Bonchev–Trinajstić information content (AvgIpc) is 2.77. The van der Waals surface area contributed by atoms with E-state index in [4.69, 9.17) is 10.2 Å². The van der Waals surface area contributed by atoms with E-state index in [1.807, 2.05) is 30.3 Å². The fourth-order valence-electron chi connectivity index (χ4n) is 3.84. The standard InChI is InChI=1S/C25H29BrN2O2Si/c1-25(2,3)31(21-10-6-4-7-11-21,22-12-8-5-9-13-22)30-20-14-15-23(26)19(16-20)18-28-24(29)17-27/h4-16H,17-18,27H2,1-3H3,(H,28,29). The smallest absolute Gasteiger partial charge is 0.319 e. The third-order valence-corrected chi connectivity index (χ3v) is 11.1. The van der Waals surface area contributed by atoms with Crippen molar-refractivity contribution in [3.8, 4) is 5.75 Å². The van der Waals surface area contributed by atoms with Gasteiger partial charge in [0.25, 0.3) is 0 Å². The molecular weight excluding hydrogens is 468 g/mol. The second kappa shape index (κ2) is 9.81. The summed E-state index contributed by atoms with van der Waals surface area (Å²) in [4.78, 5) is 11.6.